The topological polar surface area (TPSA) is 56.0 Å². The highest BCUT2D eigenvalue weighted by molar-refractivity contribution is 5.38. The van der Waals surface area contributed by atoms with Crippen LogP contribution in [0.25, 0.3) is 0 Å². The number of halogens is 3. The number of hydrogen-bond acceptors (Lipinski definition) is 3. The van der Waals surface area contributed by atoms with E-state index in [9.17, 15) is 23.3 Å². The monoisotopic (exact) mass is 192 g/mol. The van der Waals surface area contributed by atoms with Crippen molar-refractivity contribution in [3.63, 3.8) is 0 Å². The van der Waals surface area contributed by atoms with Crippen LogP contribution in [0.1, 0.15) is 12.0 Å². The molecule has 0 amide bonds. The summed E-state index contributed by atoms with van der Waals surface area (Å²) >= 11 is 0. The number of hydrogen-bond donors (Lipinski definition) is 0. The summed E-state index contributed by atoms with van der Waals surface area (Å²) in [6.45, 7) is 0. The Balaban J connectivity index is 3.34. The number of nitrogens with zero attached hydrogens (tertiary/aromatic N) is 2. The molecule has 0 unspecified atom stereocenters. The second-order valence-electron chi connectivity index (χ2n) is 2.09. The van der Waals surface area contributed by atoms with Crippen LogP contribution in [0.3, 0.4) is 0 Å². The summed E-state index contributed by atoms with van der Waals surface area (Å²) < 4.78 is 36.7. The molecule has 1 rings (SSSR count). The van der Waals surface area contributed by atoms with Crippen molar-refractivity contribution >= 4 is 5.69 Å². The highest BCUT2D eigenvalue weighted by Crippen LogP contribution is 2.29. The summed E-state index contributed by atoms with van der Waals surface area (Å²) in [5, 5.41) is 10.2. The number of nitro groups is 1. The largest absolute Gasteiger partial charge is 0.284 e. The van der Waals surface area contributed by atoms with Crippen LogP contribution in [-0.2, 0) is 0 Å². The first-order valence-electron chi connectivity index (χ1n) is 3.11. The number of alkyl halides is 2. The van der Waals surface area contributed by atoms with Crippen molar-refractivity contribution in [3.8, 4) is 0 Å². The van der Waals surface area contributed by atoms with Gasteiger partial charge in [0.1, 0.15) is 0 Å². The number of aromatic nitrogens is 1. The van der Waals surface area contributed by atoms with Crippen LogP contribution in [0.15, 0.2) is 12.3 Å². The maximum Gasteiger partial charge on any atom is 0.284 e. The van der Waals surface area contributed by atoms with Gasteiger partial charge in [-0.3, -0.25) is 10.1 Å². The first kappa shape index (κ1) is 9.43. The van der Waals surface area contributed by atoms with Gasteiger partial charge in [0.15, 0.2) is 5.56 Å². The molecule has 0 aromatic carbocycles. The minimum Gasteiger partial charge on any atom is -0.258 e. The molecule has 1 aromatic heterocycles. The molecule has 1 aromatic rings. The second kappa shape index (κ2) is 3.38. The Morgan fingerprint density at radius 3 is 2.54 bits per heavy atom. The SMILES string of the molecule is O=[N+]([O-])c1ccnc(F)c1C(F)F. The van der Waals surface area contributed by atoms with Gasteiger partial charge < -0.3 is 0 Å². The van der Waals surface area contributed by atoms with E-state index in [2.05, 4.69) is 4.98 Å². The summed E-state index contributed by atoms with van der Waals surface area (Å²) in [7, 11) is 0. The van der Waals surface area contributed by atoms with Crippen molar-refractivity contribution in [1.29, 1.82) is 0 Å². The van der Waals surface area contributed by atoms with E-state index >= 15 is 0 Å². The smallest absolute Gasteiger partial charge is 0.258 e. The molecule has 13 heavy (non-hydrogen) atoms. The molecule has 0 saturated heterocycles. The van der Waals surface area contributed by atoms with Crippen LogP contribution in [-0.4, -0.2) is 9.91 Å². The zero-order valence-electron chi connectivity index (χ0n) is 6.08. The van der Waals surface area contributed by atoms with E-state index in [0.717, 1.165) is 12.3 Å². The Morgan fingerprint density at radius 1 is 1.54 bits per heavy atom. The van der Waals surface area contributed by atoms with Gasteiger partial charge in [-0.05, 0) is 0 Å². The Hall–Kier alpha value is -1.66. The van der Waals surface area contributed by atoms with E-state index in [0.29, 0.717) is 0 Å². The van der Waals surface area contributed by atoms with E-state index in [1.807, 2.05) is 0 Å². The van der Waals surface area contributed by atoms with Gasteiger partial charge >= 0.3 is 0 Å². The number of rotatable bonds is 2. The predicted molar refractivity (Wildman–Crippen MR) is 35.8 cm³/mol. The summed E-state index contributed by atoms with van der Waals surface area (Å²) in [4.78, 5) is 12.0. The lowest BCUT2D eigenvalue weighted by Crippen LogP contribution is -2.00. The van der Waals surface area contributed by atoms with Gasteiger partial charge in [-0.1, -0.05) is 0 Å². The van der Waals surface area contributed by atoms with Gasteiger partial charge in [0, 0.05) is 12.3 Å². The highest BCUT2D eigenvalue weighted by Gasteiger charge is 2.26. The minimum atomic E-state index is -3.24. The third-order valence-electron chi connectivity index (χ3n) is 1.33. The maximum atomic E-state index is 12.6. The van der Waals surface area contributed by atoms with Gasteiger partial charge in [-0.25, -0.2) is 13.8 Å². The van der Waals surface area contributed by atoms with Gasteiger partial charge in [0.05, 0.1) is 4.92 Å². The molecule has 0 atom stereocenters. The molecule has 0 bridgehead atoms. The maximum absolute atomic E-state index is 12.6. The van der Waals surface area contributed by atoms with E-state index in [-0.39, 0.29) is 0 Å². The Morgan fingerprint density at radius 2 is 2.15 bits per heavy atom. The first-order chi connectivity index (χ1) is 6.04. The summed E-state index contributed by atoms with van der Waals surface area (Å²) in [6, 6.07) is 0.727. The van der Waals surface area contributed by atoms with E-state index < -0.39 is 28.5 Å². The van der Waals surface area contributed by atoms with Crippen molar-refractivity contribution in [2.75, 3.05) is 0 Å². The van der Waals surface area contributed by atoms with Gasteiger partial charge in [0.2, 0.25) is 5.95 Å². The van der Waals surface area contributed by atoms with Gasteiger partial charge in [0.25, 0.3) is 12.1 Å². The molecule has 0 spiro atoms. The minimum absolute atomic E-state index is 0.727. The molecule has 0 aliphatic rings. The second-order valence-corrected chi connectivity index (χ2v) is 2.09. The Kier molecular flexibility index (Phi) is 2.45. The molecule has 0 fully saturated rings. The lowest BCUT2D eigenvalue weighted by atomic mass is 10.2. The van der Waals surface area contributed by atoms with Gasteiger partial charge in [-0.2, -0.15) is 4.39 Å². The van der Waals surface area contributed by atoms with E-state index in [4.69, 9.17) is 0 Å². The summed E-state index contributed by atoms with van der Waals surface area (Å²) in [5.74, 6) is -1.51. The third kappa shape index (κ3) is 1.74. The molecule has 0 radical (unpaired) electrons. The molecular formula is C6H3F3N2O2. The van der Waals surface area contributed by atoms with Crippen molar-refractivity contribution < 1.29 is 18.1 Å². The fraction of sp³-hybridized carbons (Fsp3) is 0.167. The van der Waals surface area contributed by atoms with Crippen molar-refractivity contribution in [3.05, 3.63) is 33.9 Å². The fourth-order valence-electron chi connectivity index (χ4n) is 0.799. The summed E-state index contributed by atoms with van der Waals surface area (Å²) in [5.41, 5.74) is -2.23. The zero-order chi connectivity index (χ0) is 10.0. The van der Waals surface area contributed by atoms with Gasteiger partial charge in [-0.15, -0.1) is 0 Å². The fourth-order valence-corrected chi connectivity index (χ4v) is 0.799. The van der Waals surface area contributed by atoms with Crippen LogP contribution >= 0.6 is 0 Å². The van der Waals surface area contributed by atoms with Crippen LogP contribution in [0.5, 0.6) is 0 Å². The van der Waals surface area contributed by atoms with Crippen molar-refractivity contribution in [1.82, 2.24) is 4.98 Å². The highest BCUT2D eigenvalue weighted by atomic mass is 19.3. The molecule has 1 heterocycles. The Labute approximate surface area is 70.2 Å². The molecular weight excluding hydrogens is 189 g/mol. The van der Waals surface area contributed by atoms with Crippen molar-refractivity contribution in [2.45, 2.75) is 6.43 Å². The zero-order valence-corrected chi connectivity index (χ0v) is 6.08. The lowest BCUT2D eigenvalue weighted by Gasteiger charge is -2.00. The molecule has 70 valence electrons. The lowest BCUT2D eigenvalue weighted by molar-refractivity contribution is -0.386. The van der Waals surface area contributed by atoms with Crippen LogP contribution in [0, 0.1) is 16.1 Å². The first-order valence-corrected chi connectivity index (χ1v) is 3.11. The van der Waals surface area contributed by atoms with Crippen molar-refractivity contribution in [2.24, 2.45) is 0 Å². The molecule has 0 aliphatic carbocycles. The van der Waals surface area contributed by atoms with E-state index in [1.165, 1.54) is 0 Å². The molecule has 7 heteroatoms. The molecule has 0 N–H and O–H groups in total. The molecule has 0 saturated carbocycles. The quantitative estimate of drug-likeness (QED) is 0.409. The summed E-state index contributed by atoms with van der Waals surface area (Å²) in [6.07, 6.45) is -2.48. The molecule has 0 aliphatic heterocycles. The van der Waals surface area contributed by atoms with Crippen LogP contribution in [0.2, 0.25) is 0 Å². The standard InChI is InChI=1S/C6H3F3N2O2/c7-5(8)4-3(11(12)13)1-2-10-6(4)9/h1-2,5H. The van der Waals surface area contributed by atoms with E-state index in [1.54, 1.807) is 0 Å². The average molecular weight is 192 g/mol. The third-order valence-corrected chi connectivity index (χ3v) is 1.33. The number of pyridine rings is 1. The van der Waals surface area contributed by atoms with Crippen LogP contribution in [0.4, 0.5) is 18.9 Å². The normalized spacial score (nSPS) is 10.5. The average Bonchev–Trinajstić information content (AvgIpc) is 2.02. The Bertz CT molecular complexity index is 343. The predicted octanol–water partition coefficient (Wildman–Crippen LogP) is 2.07. The molecule has 4 nitrogen and oxygen atoms in total. The van der Waals surface area contributed by atoms with Crippen LogP contribution < -0.4 is 0 Å².